The molecule has 0 aliphatic heterocycles. The SMILES string of the molecule is C=CCOc1ccc(NC(=O)C(=O)NCCCCc2ccccc2)cc1. The van der Waals surface area contributed by atoms with Gasteiger partial charge in [0.25, 0.3) is 0 Å². The molecule has 2 aromatic carbocycles. The van der Waals surface area contributed by atoms with Crippen LogP contribution in [-0.2, 0) is 16.0 Å². The van der Waals surface area contributed by atoms with E-state index in [1.807, 2.05) is 18.2 Å². The smallest absolute Gasteiger partial charge is 0.313 e. The lowest BCUT2D eigenvalue weighted by atomic mass is 10.1. The van der Waals surface area contributed by atoms with E-state index in [1.165, 1.54) is 5.56 Å². The molecule has 2 aromatic rings. The minimum absolute atomic E-state index is 0.415. The maximum Gasteiger partial charge on any atom is 0.313 e. The fraction of sp³-hybridized carbons (Fsp3) is 0.238. The first kappa shape index (κ1) is 19.2. The van der Waals surface area contributed by atoms with Crippen LogP contribution in [0, 0.1) is 0 Å². The molecule has 0 radical (unpaired) electrons. The molecular weight excluding hydrogens is 328 g/mol. The molecule has 2 N–H and O–H groups in total. The second kappa shape index (κ2) is 10.7. The first-order chi connectivity index (χ1) is 12.7. The van der Waals surface area contributed by atoms with E-state index in [2.05, 4.69) is 29.3 Å². The number of benzene rings is 2. The van der Waals surface area contributed by atoms with Gasteiger partial charge >= 0.3 is 11.8 Å². The van der Waals surface area contributed by atoms with Crippen LogP contribution in [0.15, 0.2) is 67.3 Å². The number of unbranched alkanes of at least 4 members (excludes halogenated alkanes) is 1. The van der Waals surface area contributed by atoms with Gasteiger partial charge in [0.15, 0.2) is 0 Å². The Labute approximate surface area is 154 Å². The summed E-state index contributed by atoms with van der Waals surface area (Å²) in [5.74, 6) is -0.629. The van der Waals surface area contributed by atoms with E-state index in [0.717, 1.165) is 19.3 Å². The van der Waals surface area contributed by atoms with E-state index >= 15 is 0 Å². The summed E-state index contributed by atoms with van der Waals surface area (Å²) in [6.07, 6.45) is 4.39. The van der Waals surface area contributed by atoms with E-state index in [1.54, 1.807) is 30.3 Å². The van der Waals surface area contributed by atoms with Crippen LogP contribution in [0.25, 0.3) is 0 Å². The predicted molar refractivity (Wildman–Crippen MR) is 103 cm³/mol. The van der Waals surface area contributed by atoms with Crippen molar-refractivity contribution in [3.63, 3.8) is 0 Å². The maximum atomic E-state index is 11.9. The summed E-state index contributed by atoms with van der Waals surface area (Å²) in [5.41, 5.74) is 1.82. The summed E-state index contributed by atoms with van der Waals surface area (Å²) in [5, 5.41) is 5.21. The molecule has 0 aliphatic rings. The Bertz CT molecular complexity index is 712. The summed E-state index contributed by atoms with van der Waals surface area (Å²) in [6.45, 7) is 4.47. The third-order valence-electron chi connectivity index (χ3n) is 3.71. The lowest BCUT2D eigenvalue weighted by Crippen LogP contribution is -2.35. The van der Waals surface area contributed by atoms with Gasteiger partial charge in [-0.25, -0.2) is 0 Å². The molecule has 0 unspecified atom stereocenters. The van der Waals surface area contributed by atoms with Gasteiger partial charge in [0.2, 0.25) is 0 Å². The average molecular weight is 352 g/mol. The van der Waals surface area contributed by atoms with Gasteiger partial charge in [0.05, 0.1) is 0 Å². The van der Waals surface area contributed by atoms with E-state index in [0.29, 0.717) is 24.6 Å². The summed E-state index contributed by atoms with van der Waals surface area (Å²) in [7, 11) is 0. The molecular formula is C21H24N2O3. The standard InChI is InChI=1S/C21H24N2O3/c1-2-16-26-19-13-11-18(12-14-19)23-21(25)20(24)22-15-7-6-10-17-8-4-3-5-9-17/h2-5,8-9,11-14H,1,6-7,10,15-16H2,(H,22,24)(H,23,25). The largest absolute Gasteiger partial charge is 0.490 e. The number of carbonyl (C=O) groups is 2. The zero-order valence-electron chi connectivity index (χ0n) is 14.7. The van der Waals surface area contributed by atoms with Gasteiger partial charge in [-0.2, -0.15) is 0 Å². The Morgan fingerprint density at radius 2 is 1.69 bits per heavy atom. The molecule has 0 spiro atoms. The number of amides is 2. The van der Waals surface area contributed by atoms with Gasteiger partial charge in [0, 0.05) is 12.2 Å². The highest BCUT2D eigenvalue weighted by atomic mass is 16.5. The van der Waals surface area contributed by atoms with Crippen LogP contribution in [0.2, 0.25) is 0 Å². The maximum absolute atomic E-state index is 11.9. The van der Waals surface area contributed by atoms with E-state index < -0.39 is 11.8 Å². The molecule has 2 rings (SSSR count). The fourth-order valence-corrected chi connectivity index (χ4v) is 2.36. The van der Waals surface area contributed by atoms with Crippen molar-refractivity contribution in [2.45, 2.75) is 19.3 Å². The second-order valence-corrected chi connectivity index (χ2v) is 5.78. The topological polar surface area (TPSA) is 67.4 Å². The fourth-order valence-electron chi connectivity index (χ4n) is 2.36. The number of aryl methyl sites for hydroxylation is 1. The number of nitrogens with one attached hydrogen (secondary N) is 2. The number of carbonyl (C=O) groups excluding carboxylic acids is 2. The molecule has 0 fully saturated rings. The van der Waals surface area contributed by atoms with Crippen molar-refractivity contribution >= 4 is 17.5 Å². The summed E-state index contributed by atoms with van der Waals surface area (Å²) in [4.78, 5) is 23.7. The van der Waals surface area contributed by atoms with Crippen LogP contribution in [0.1, 0.15) is 18.4 Å². The molecule has 0 heterocycles. The molecule has 0 atom stereocenters. The molecule has 0 bridgehead atoms. The third kappa shape index (κ3) is 6.81. The van der Waals surface area contributed by atoms with Gasteiger partial charge in [-0.05, 0) is 49.1 Å². The molecule has 0 saturated heterocycles. The van der Waals surface area contributed by atoms with Gasteiger partial charge in [-0.1, -0.05) is 43.0 Å². The lowest BCUT2D eigenvalue weighted by Gasteiger charge is -2.08. The Morgan fingerprint density at radius 1 is 0.962 bits per heavy atom. The van der Waals surface area contributed by atoms with Crippen LogP contribution in [0.5, 0.6) is 5.75 Å². The Balaban J connectivity index is 1.65. The Morgan fingerprint density at radius 3 is 2.38 bits per heavy atom. The van der Waals surface area contributed by atoms with Gasteiger partial charge < -0.3 is 15.4 Å². The van der Waals surface area contributed by atoms with Crippen molar-refractivity contribution in [3.05, 3.63) is 72.8 Å². The number of ether oxygens (including phenoxy) is 1. The number of hydrogen-bond acceptors (Lipinski definition) is 3. The number of hydrogen-bond donors (Lipinski definition) is 2. The summed E-state index contributed by atoms with van der Waals surface area (Å²) < 4.78 is 5.36. The zero-order chi connectivity index (χ0) is 18.6. The van der Waals surface area contributed by atoms with E-state index in [-0.39, 0.29) is 0 Å². The third-order valence-corrected chi connectivity index (χ3v) is 3.71. The van der Waals surface area contributed by atoms with Crippen LogP contribution in [0.3, 0.4) is 0 Å². The monoisotopic (exact) mass is 352 g/mol. The molecule has 5 nitrogen and oxygen atoms in total. The van der Waals surface area contributed by atoms with Gasteiger partial charge in [-0.15, -0.1) is 0 Å². The lowest BCUT2D eigenvalue weighted by molar-refractivity contribution is -0.136. The molecule has 0 saturated carbocycles. The molecule has 26 heavy (non-hydrogen) atoms. The van der Waals surface area contributed by atoms with E-state index in [9.17, 15) is 9.59 Å². The minimum Gasteiger partial charge on any atom is -0.490 e. The van der Waals surface area contributed by atoms with Crippen molar-refractivity contribution in [1.29, 1.82) is 0 Å². The first-order valence-electron chi connectivity index (χ1n) is 8.66. The van der Waals surface area contributed by atoms with Crippen molar-refractivity contribution in [2.75, 3.05) is 18.5 Å². The molecule has 0 aliphatic carbocycles. The molecule has 0 aromatic heterocycles. The Kier molecular flexibility index (Phi) is 7.93. The van der Waals surface area contributed by atoms with Gasteiger partial charge in [0.1, 0.15) is 12.4 Å². The Hall–Kier alpha value is -3.08. The summed E-state index contributed by atoms with van der Waals surface area (Å²) >= 11 is 0. The zero-order valence-corrected chi connectivity index (χ0v) is 14.7. The highest BCUT2D eigenvalue weighted by molar-refractivity contribution is 6.39. The quantitative estimate of drug-likeness (QED) is 0.413. The van der Waals surface area contributed by atoms with Crippen molar-refractivity contribution in [3.8, 4) is 5.75 Å². The highest BCUT2D eigenvalue weighted by Gasteiger charge is 2.12. The van der Waals surface area contributed by atoms with Crippen LogP contribution >= 0.6 is 0 Å². The predicted octanol–water partition coefficient (Wildman–Crippen LogP) is 3.33. The minimum atomic E-state index is -0.673. The summed E-state index contributed by atoms with van der Waals surface area (Å²) in [6, 6.07) is 17.0. The van der Waals surface area contributed by atoms with Gasteiger partial charge in [-0.3, -0.25) is 9.59 Å². The molecule has 136 valence electrons. The first-order valence-corrected chi connectivity index (χ1v) is 8.66. The number of rotatable bonds is 9. The van der Waals surface area contributed by atoms with Crippen molar-refractivity contribution in [1.82, 2.24) is 5.32 Å². The van der Waals surface area contributed by atoms with Crippen molar-refractivity contribution in [2.24, 2.45) is 0 Å². The normalized spacial score (nSPS) is 10.0. The molecule has 2 amide bonds. The van der Waals surface area contributed by atoms with Crippen LogP contribution in [-0.4, -0.2) is 25.0 Å². The average Bonchev–Trinajstić information content (AvgIpc) is 2.67. The van der Waals surface area contributed by atoms with E-state index in [4.69, 9.17) is 4.74 Å². The van der Waals surface area contributed by atoms with Crippen molar-refractivity contribution < 1.29 is 14.3 Å². The van der Waals surface area contributed by atoms with Crippen LogP contribution in [0.4, 0.5) is 5.69 Å². The van der Waals surface area contributed by atoms with Crippen LogP contribution < -0.4 is 15.4 Å². The second-order valence-electron chi connectivity index (χ2n) is 5.78. The molecule has 5 heteroatoms. The highest BCUT2D eigenvalue weighted by Crippen LogP contribution is 2.15. The number of anilines is 1.